The van der Waals surface area contributed by atoms with Gasteiger partial charge in [0.15, 0.2) is 0 Å². The number of benzene rings is 2. The highest BCUT2D eigenvalue weighted by Gasteiger charge is 2.04. The summed E-state index contributed by atoms with van der Waals surface area (Å²) in [4.78, 5) is 10.5. The third kappa shape index (κ3) is 4.77. The Morgan fingerprint density at radius 3 is 2.29 bits per heavy atom. The Bertz CT molecular complexity index is 694. The van der Waals surface area contributed by atoms with Crippen molar-refractivity contribution in [1.82, 2.24) is 0 Å². The summed E-state index contributed by atoms with van der Waals surface area (Å²) in [6, 6.07) is 8.47. The van der Waals surface area contributed by atoms with Gasteiger partial charge in [0.05, 0.1) is 0 Å². The zero-order chi connectivity index (χ0) is 15.4. The molecule has 2 aromatic rings. The van der Waals surface area contributed by atoms with E-state index in [4.69, 9.17) is 33.0 Å². The van der Waals surface area contributed by atoms with E-state index in [9.17, 15) is 9.18 Å². The molecular formula is C15H9Cl2FO3. The number of carboxylic acid groups (broad SMARTS) is 1. The smallest absolute Gasteiger partial charge is 0.328 e. The molecule has 0 aromatic heterocycles. The Labute approximate surface area is 130 Å². The van der Waals surface area contributed by atoms with Crippen LogP contribution < -0.4 is 4.74 Å². The summed E-state index contributed by atoms with van der Waals surface area (Å²) in [6.07, 6.45) is 2.18. The fraction of sp³-hybridized carbons (Fsp3) is 0. The van der Waals surface area contributed by atoms with E-state index in [0.29, 0.717) is 21.4 Å². The highest BCUT2D eigenvalue weighted by atomic mass is 35.5. The van der Waals surface area contributed by atoms with E-state index >= 15 is 0 Å². The number of halogens is 3. The molecule has 0 radical (unpaired) electrons. The molecule has 2 aromatic carbocycles. The molecule has 0 saturated heterocycles. The molecule has 0 spiro atoms. The van der Waals surface area contributed by atoms with Crippen molar-refractivity contribution >= 4 is 35.2 Å². The van der Waals surface area contributed by atoms with Crippen molar-refractivity contribution in [3.8, 4) is 11.5 Å². The number of hydrogen-bond donors (Lipinski definition) is 1. The second-order valence-corrected chi connectivity index (χ2v) is 4.97. The van der Waals surface area contributed by atoms with Crippen LogP contribution in [-0.2, 0) is 4.79 Å². The third-order valence-electron chi connectivity index (χ3n) is 2.38. The van der Waals surface area contributed by atoms with Gasteiger partial charge in [-0.1, -0.05) is 23.2 Å². The van der Waals surface area contributed by atoms with Crippen LogP contribution in [0.3, 0.4) is 0 Å². The van der Waals surface area contributed by atoms with E-state index in [1.807, 2.05) is 0 Å². The molecule has 21 heavy (non-hydrogen) atoms. The quantitative estimate of drug-likeness (QED) is 0.802. The summed E-state index contributed by atoms with van der Waals surface area (Å²) in [5.41, 5.74) is 0.362. The van der Waals surface area contributed by atoms with Crippen LogP contribution in [0.1, 0.15) is 5.56 Å². The molecule has 0 fully saturated rings. The highest BCUT2D eigenvalue weighted by molar-refractivity contribution is 6.34. The molecule has 0 amide bonds. The van der Waals surface area contributed by atoms with Crippen molar-refractivity contribution in [2.24, 2.45) is 0 Å². The van der Waals surface area contributed by atoms with Crippen LogP contribution in [0, 0.1) is 5.82 Å². The second kappa shape index (κ2) is 6.61. The monoisotopic (exact) mass is 326 g/mol. The molecule has 108 valence electrons. The number of carboxylic acids is 1. The van der Waals surface area contributed by atoms with Crippen LogP contribution in [0.15, 0.2) is 42.5 Å². The Kier molecular flexibility index (Phi) is 4.83. The second-order valence-electron chi connectivity index (χ2n) is 4.10. The van der Waals surface area contributed by atoms with Crippen LogP contribution >= 0.6 is 23.2 Å². The lowest BCUT2D eigenvalue weighted by atomic mass is 10.2. The Hall–Kier alpha value is -2.04. The van der Waals surface area contributed by atoms with Crippen LogP contribution in [0.2, 0.25) is 10.0 Å². The molecule has 0 aliphatic heterocycles. The highest BCUT2D eigenvalue weighted by Crippen LogP contribution is 2.29. The van der Waals surface area contributed by atoms with Gasteiger partial charge in [-0.2, -0.15) is 0 Å². The number of hydrogen-bond acceptors (Lipinski definition) is 2. The van der Waals surface area contributed by atoms with E-state index in [0.717, 1.165) is 6.08 Å². The van der Waals surface area contributed by atoms with E-state index in [2.05, 4.69) is 0 Å². The summed E-state index contributed by atoms with van der Waals surface area (Å²) >= 11 is 11.7. The standard InChI is InChI=1S/C15H9Cl2FO3/c16-10-5-11(17)7-14(6-10)21-13-4-9(1-2-15(19)20)3-12(18)8-13/h1-8H,(H,19,20)/b2-1+. The lowest BCUT2D eigenvalue weighted by Gasteiger charge is -2.08. The first-order valence-corrected chi connectivity index (χ1v) is 6.53. The van der Waals surface area contributed by atoms with Crippen LogP contribution in [0.5, 0.6) is 11.5 Å². The molecule has 1 N–H and O–H groups in total. The van der Waals surface area contributed by atoms with E-state index in [1.54, 1.807) is 6.07 Å². The van der Waals surface area contributed by atoms with Gasteiger partial charge >= 0.3 is 5.97 Å². The Balaban J connectivity index is 2.29. The van der Waals surface area contributed by atoms with Crippen molar-refractivity contribution < 1.29 is 19.0 Å². The molecule has 0 saturated carbocycles. The van der Waals surface area contributed by atoms with Crippen LogP contribution in [0.4, 0.5) is 4.39 Å². The van der Waals surface area contributed by atoms with Gasteiger partial charge in [-0.25, -0.2) is 9.18 Å². The first kappa shape index (κ1) is 15.4. The lowest BCUT2D eigenvalue weighted by molar-refractivity contribution is -0.131. The van der Waals surface area contributed by atoms with Gasteiger partial charge in [-0.05, 0) is 42.0 Å². The average molecular weight is 327 g/mol. The first-order chi connectivity index (χ1) is 9.92. The minimum atomic E-state index is -1.12. The molecule has 0 aliphatic rings. The maximum absolute atomic E-state index is 13.5. The molecule has 0 bridgehead atoms. The van der Waals surface area contributed by atoms with Gasteiger partial charge in [0.25, 0.3) is 0 Å². The molecule has 6 heteroatoms. The Morgan fingerprint density at radius 2 is 1.67 bits per heavy atom. The van der Waals surface area contributed by atoms with Crippen molar-refractivity contribution in [2.75, 3.05) is 0 Å². The van der Waals surface area contributed by atoms with E-state index in [1.165, 1.54) is 36.4 Å². The predicted molar refractivity (Wildman–Crippen MR) is 79.6 cm³/mol. The van der Waals surface area contributed by atoms with E-state index < -0.39 is 11.8 Å². The maximum Gasteiger partial charge on any atom is 0.328 e. The minimum absolute atomic E-state index is 0.207. The number of carbonyl (C=O) groups is 1. The topological polar surface area (TPSA) is 46.5 Å². The number of aliphatic carboxylic acids is 1. The van der Waals surface area contributed by atoms with Crippen molar-refractivity contribution in [2.45, 2.75) is 0 Å². The van der Waals surface area contributed by atoms with Gasteiger partial charge in [0, 0.05) is 22.2 Å². The van der Waals surface area contributed by atoms with Gasteiger partial charge < -0.3 is 9.84 Å². The number of rotatable bonds is 4. The predicted octanol–water partition coefficient (Wildman–Crippen LogP) is 5.02. The van der Waals surface area contributed by atoms with E-state index in [-0.39, 0.29) is 5.75 Å². The molecular weight excluding hydrogens is 318 g/mol. The van der Waals surface area contributed by atoms with Gasteiger partial charge in [-0.15, -0.1) is 0 Å². The largest absolute Gasteiger partial charge is 0.478 e. The molecule has 0 heterocycles. The summed E-state index contributed by atoms with van der Waals surface area (Å²) in [7, 11) is 0. The van der Waals surface area contributed by atoms with Gasteiger partial charge in [0.1, 0.15) is 17.3 Å². The zero-order valence-electron chi connectivity index (χ0n) is 10.5. The molecule has 0 aliphatic carbocycles. The number of ether oxygens (including phenoxy) is 1. The Morgan fingerprint density at radius 1 is 1.05 bits per heavy atom. The average Bonchev–Trinajstić information content (AvgIpc) is 2.34. The van der Waals surface area contributed by atoms with Crippen molar-refractivity contribution in [3.63, 3.8) is 0 Å². The summed E-state index contributed by atoms with van der Waals surface area (Å²) in [5.74, 6) is -1.11. The minimum Gasteiger partial charge on any atom is -0.478 e. The molecule has 0 unspecified atom stereocenters. The molecule has 3 nitrogen and oxygen atoms in total. The maximum atomic E-state index is 13.5. The normalized spacial score (nSPS) is 10.8. The third-order valence-corrected chi connectivity index (χ3v) is 2.82. The fourth-order valence-electron chi connectivity index (χ4n) is 1.63. The fourth-order valence-corrected chi connectivity index (χ4v) is 2.14. The summed E-state index contributed by atoms with van der Waals surface area (Å²) in [5, 5.41) is 9.35. The van der Waals surface area contributed by atoms with Gasteiger partial charge in [-0.3, -0.25) is 0 Å². The van der Waals surface area contributed by atoms with Gasteiger partial charge in [0.2, 0.25) is 0 Å². The molecule has 0 atom stereocenters. The van der Waals surface area contributed by atoms with Crippen LogP contribution in [0.25, 0.3) is 6.08 Å². The van der Waals surface area contributed by atoms with Crippen molar-refractivity contribution in [1.29, 1.82) is 0 Å². The lowest BCUT2D eigenvalue weighted by Crippen LogP contribution is -1.89. The van der Waals surface area contributed by atoms with Crippen molar-refractivity contribution in [3.05, 3.63) is 63.9 Å². The zero-order valence-corrected chi connectivity index (χ0v) is 12.0. The summed E-state index contributed by atoms with van der Waals surface area (Å²) < 4.78 is 19.0. The summed E-state index contributed by atoms with van der Waals surface area (Å²) in [6.45, 7) is 0. The SMILES string of the molecule is O=C(O)/C=C/c1cc(F)cc(Oc2cc(Cl)cc(Cl)c2)c1. The first-order valence-electron chi connectivity index (χ1n) is 5.78. The van der Waals surface area contributed by atoms with Crippen LogP contribution in [-0.4, -0.2) is 11.1 Å². The molecule has 2 rings (SSSR count).